The van der Waals surface area contributed by atoms with Gasteiger partial charge in [0.15, 0.2) is 0 Å². The fourth-order valence-electron chi connectivity index (χ4n) is 3.00. The fraction of sp³-hybridized carbons (Fsp3) is 0.471. The molecule has 2 atom stereocenters. The Labute approximate surface area is 150 Å². The highest BCUT2D eigenvalue weighted by Gasteiger charge is 2.29. The number of aliphatic carboxylic acids is 1. The van der Waals surface area contributed by atoms with Gasteiger partial charge in [-0.1, -0.05) is 6.07 Å². The molecule has 0 radical (unpaired) electrons. The predicted octanol–water partition coefficient (Wildman–Crippen LogP) is 0.205. The van der Waals surface area contributed by atoms with Crippen molar-refractivity contribution < 1.29 is 29.0 Å². The quantitative estimate of drug-likeness (QED) is 0.665. The minimum absolute atomic E-state index is 0.186. The molecule has 2 fully saturated rings. The number of carboxylic acids is 1. The van der Waals surface area contributed by atoms with Crippen molar-refractivity contribution in [1.82, 2.24) is 10.6 Å². The summed E-state index contributed by atoms with van der Waals surface area (Å²) in [5.41, 5.74) is 1.07. The van der Waals surface area contributed by atoms with E-state index in [0.717, 1.165) is 0 Å². The number of ether oxygens (including phenoxy) is 2. The molecule has 2 saturated heterocycles. The average molecular weight is 363 g/mol. The molecule has 0 spiro atoms. The van der Waals surface area contributed by atoms with E-state index >= 15 is 0 Å². The molecule has 0 aromatic heterocycles. The van der Waals surface area contributed by atoms with E-state index in [-0.39, 0.29) is 24.6 Å². The number of nitrogens with one attached hydrogen (secondary N) is 2. The van der Waals surface area contributed by atoms with Crippen LogP contribution < -0.4 is 15.5 Å². The zero-order valence-electron chi connectivity index (χ0n) is 14.1. The first kappa shape index (κ1) is 18.2. The van der Waals surface area contributed by atoms with Crippen LogP contribution >= 0.6 is 0 Å². The topological polar surface area (TPSA) is 117 Å². The minimum Gasteiger partial charge on any atom is -0.480 e. The molecule has 140 valence electrons. The van der Waals surface area contributed by atoms with E-state index in [1.165, 1.54) is 0 Å². The molecule has 2 aliphatic heterocycles. The van der Waals surface area contributed by atoms with Gasteiger partial charge in [0.25, 0.3) is 5.91 Å². The molecule has 9 nitrogen and oxygen atoms in total. The van der Waals surface area contributed by atoms with Gasteiger partial charge in [0.1, 0.15) is 12.7 Å². The molecule has 2 aliphatic rings. The highest BCUT2D eigenvalue weighted by atomic mass is 16.5. The van der Waals surface area contributed by atoms with Crippen LogP contribution in [0.2, 0.25) is 0 Å². The third-order valence-electron chi connectivity index (χ3n) is 4.32. The van der Waals surface area contributed by atoms with Gasteiger partial charge < -0.3 is 25.2 Å². The lowest BCUT2D eigenvalue weighted by molar-refractivity contribution is -0.148. The lowest BCUT2D eigenvalue weighted by Crippen LogP contribution is -2.50. The first-order chi connectivity index (χ1) is 12.5. The number of carbonyl (C=O) groups excluding carboxylic acids is 2. The molecule has 1 aromatic carbocycles. The molecule has 0 aliphatic carbocycles. The highest BCUT2D eigenvalue weighted by molar-refractivity contribution is 5.98. The molecule has 3 rings (SSSR count). The van der Waals surface area contributed by atoms with Crippen molar-refractivity contribution >= 4 is 23.6 Å². The standard InChI is InChI=1S/C17H21N3O6/c21-15(22)10-26-14-9-25-7-4-13(14)19-16(23)11-2-1-3-12(8-11)20-6-5-18-17(20)24/h1-3,8,13-14H,4-7,9-10H2,(H,18,24)(H,19,23)(H,21,22)/t13-,14-/m1/s1. The second-order valence-corrected chi connectivity index (χ2v) is 6.12. The van der Waals surface area contributed by atoms with E-state index in [4.69, 9.17) is 14.6 Å². The number of rotatable bonds is 6. The van der Waals surface area contributed by atoms with Gasteiger partial charge in [0, 0.05) is 30.9 Å². The van der Waals surface area contributed by atoms with E-state index in [9.17, 15) is 14.4 Å². The number of hydrogen-bond donors (Lipinski definition) is 3. The molecule has 3 N–H and O–H groups in total. The predicted molar refractivity (Wildman–Crippen MR) is 91.3 cm³/mol. The van der Waals surface area contributed by atoms with Crippen molar-refractivity contribution in [1.29, 1.82) is 0 Å². The smallest absolute Gasteiger partial charge is 0.329 e. The van der Waals surface area contributed by atoms with Gasteiger partial charge in [-0.15, -0.1) is 0 Å². The Morgan fingerprint density at radius 1 is 1.42 bits per heavy atom. The first-order valence-corrected chi connectivity index (χ1v) is 8.42. The summed E-state index contributed by atoms with van der Waals surface area (Å²) < 4.78 is 10.6. The molecule has 2 heterocycles. The van der Waals surface area contributed by atoms with E-state index in [2.05, 4.69) is 10.6 Å². The van der Waals surface area contributed by atoms with Gasteiger partial charge >= 0.3 is 12.0 Å². The summed E-state index contributed by atoms with van der Waals surface area (Å²) >= 11 is 0. The Balaban J connectivity index is 1.66. The molecule has 3 amide bonds. The summed E-state index contributed by atoms with van der Waals surface area (Å²) in [6.45, 7) is 1.37. The highest BCUT2D eigenvalue weighted by Crippen LogP contribution is 2.19. The number of carboxylic acid groups (broad SMARTS) is 1. The second kappa shape index (κ2) is 8.15. The van der Waals surface area contributed by atoms with Crippen molar-refractivity contribution in [2.75, 3.05) is 37.8 Å². The van der Waals surface area contributed by atoms with Gasteiger partial charge in [0.2, 0.25) is 0 Å². The van der Waals surface area contributed by atoms with Crippen molar-refractivity contribution in [2.45, 2.75) is 18.6 Å². The number of carbonyl (C=O) groups is 3. The molecule has 0 bridgehead atoms. The van der Waals surface area contributed by atoms with Gasteiger partial charge in [-0.3, -0.25) is 9.69 Å². The van der Waals surface area contributed by atoms with E-state index in [0.29, 0.717) is 37.4 Å². The molecule has 9 heteroatoms. The fourth-order valence-corrected chi connectivity index (χ4v) is 3.00. The number of nitrogens with zero attached hydrogens (tertiary/aromatic N) is 1. The molecule has 26 heavy (non-hydrogen) atoms. The molecule has 0 unspecified atom stereocenters. The maximum absolute atomic E-state index is 12.6. The van der Waals surface area contributed by atoms with Crippen LogP contribution in [-0.2, 0) is 14.3 Å². The van der Waals surface area contributed by atoms with Crippen LogP contribution in [0.1, 0.15) is 16.8 Å². The third kappa shape index (κ3) is 4.30. The summed E-state index contributed by atoms with van der Waals surface area (Å²) in [5, 5.41) is 14.4. The third-order valence-corrected chi connectivity index (χ3v) is 4.32. The summed E-state index contributed by atoms with van der Waals surface area (Å²) in [5.74, 6) is -1.38. The summed E-state index contributed by atoms with van der Waals surface area (Å²) in [6, 6.07) is 6.29. The zero-order valence-corrected chi connectivity index (χ0v) is 14.1. The molecule has 0 saturated carbocycles. The molecular weight excluding hydrogens is 342 g/mol. The minimum atomic E-state index is -1.07. The van der Waals surface area contributed by atoms with Crippen LogP contribution in [-0.4, -0.2) is 68.1 Å². The van der Waals surface area contributed by atoms with Gasteiger partial charge in [-0.05, 0) is 24.6 Å². The average Bonchev–Trinajstić information content (AvgIpc) is 3.07. The number of benzene rings is 1. The van der Waals surface area contributed by atoms with Crippen LogP contribution in [0.4, 0.5) is 10.5 Å². The van der Waals surface area contributed by atoms with Crippen LogP contribution in [0.3, 0.4) is 0 Å². The number of hydrogen-bond acceptors (Lipinski definition) is 5. The molecular formula is C17H21N3O6. The Morgan fingerprint density at radius 3 is 3.00 bits per heavy atom. The van der Waals surface area contributed by atoms with Crippen LogP contribution in [0.25, 0.3) is 0 Å². The van der Waals surface area contributed by atoms with Crippen LogP contribution in [0.5, 0.6) is 0 Å². The van der Waals surface area contributed by atoms with Crippen LogP contribution in [0.15, 0.2) is 24.3 Å². The monoisotopic (exact) mass is 363 g/mol. The Morgan fingerprint density at radius 2 is 2.27 bits per heavy atom. The van der Waals surface area contributed by atoms with E-state index < -0.39 is 18.7 Å². The van der Waals surface area contributed by atoms with E-state index in [1.807, 2.05) is 0 Å². The van der Waals surface area contributed by atoms with Crippen molar-refractivity contribution in [3.05, 3.63) is 29.8 Å². The van der Waals surface area contributed by atoms with Gasteiger partial charge in [-0.25, -0.2) is 9.59 Å². The van der Waals surface area contributed by atoms with Crippen molar-refractivity contribution in [3.8, 4) is 0 Å². The summed E-state index contributed by atoms with van der Waals surface area (Å²) in [4.78, 5) is 36.6. The zero-order chi connectivity index (χ0) is 18.5. The molecule has 1 aromatic rings. The van der Waals surface area contributed by atoms with Crippen molar-refractivity contribution in [2.24, 2.45) is 0 Å². The summed E-state index contributed by atoms with van der Waals surface area (Å²) in [7, 11) is 0. The van der Waals surface area contributed by atoms with E-state index in [1.54, 1.807) is 29.2 Å². The SMILES string of the molecule is O=C(O)CO[C@@H]1COCC[C@H]1NC(=O)c1cccc(N2CCNC2=O)c1. The Hall–Kier alpha value is -2.65. The maximum Gasteiger partial charge on any atom is 0.329 e. The number of amides is 3. The first-order valence-electron chi connectivity index (χ1n) is 8.42. The lowest BCUT2D eigenvalue weighted by atomic mass is 10.0. The van der Waals surface area contributed by atoms with Gasteiger partial charge in [0.05, 0.1) is 12.6 Å². The normalized spacial score (nSPS) is 22.8. The summed E-state index contributed by atoms with van der Waals surface area (Å²) in [6.07, 6.45) is 0.0147. The van der Waals surface area contributed by atoms with Gasteiger partial charge in [-0.2, -0.15) is 0 Å². The van der Waals surface area contributed by atoms with Crippen LogP contribution in [0, 0.1) is 0 Å². The lowest BCUT2D eigenvalue weighted by Gasteiger charge is -2.31. The Kier molecular flexibility index (Phi) is 5.69. The number of anilines is 1. The largest absolute Gasteiger partial charge is 0.480 e. The van der Waals surface area contributed by atoms with Crippen molar-refractivity contribution in [3.63, 3.8) is 0 Å². The second-order valence-electron chi connectivity index (χ2n) is 6.12. The Bertz CT molecular complexity index is 695. The number of urea groups is 1. The maximum atomic E-state index is 12.6.